The zero-order valence-electron chi connectivity index (χ0n) is 8.63. The molecule has 0 spiro atoms. The highest BCUT2D eigenvalue weighted by molar-refractivity contribution is 5.65. The van der Waals surface area contributed by atoms with E-state index in [0.29, 0.717) is 5.56 Å². The first-order valence-electron chi connectivity index (χ1n) is 4.75. The number of hydrogen-bond acceptors (Lipinski definition) is 3. The molecule has 1 amide bonds. The van der Waals surface area contributed by atoms with Crippen molar-refractivity contribution in [3.63, 3.8) is 0 Å². The van der Waals surface area contributed by atoms with E-state index in [2.05, 4.69) is 0 Å². The summed E-state index contributed by atoms with van der Waals surface area (Å²) in [6.07, 6.45) is -1.07. The maximum Gasteiger partial charge on any atom is 0.407 e. The van der Waals surface area contributed by atoms with E-state index in [0.717, 1.165) is 10.5 Å². The third-order valence-electron chi connectivity index (χ3n) is 2.10. The second-order valence-corrected chi connectivity index (χ2v) is 3.24. The molecule has 1 aromatic rings. The summed E-state index contributed by atoms with van der Waals surface area (Å²) in [5.41, 5.74) is 1.32. The summed E-state index contributed by atoms with van der Waals surface area (Å²) in [5, 5.41) is 26.1. The lowest BCUT2D eigenvalue weighted by molar-refractivity contribution is 0.129. The van der Waals surface area contributed by atoms with Crippen molar-refractivity contribution >= 4 is 6.09 Å². The average Bonchev–Trinajstić information content (AvgIpc) is 2.29. The van der Waals surface area contributed by atoms with Crippen LogP contribution >= 0.6 is 0 Å². The number of nitrogens with zero attached hydrogens (tertiary/aromatic N) is 2. The monoisotopic (exact) mass is 220 g/mol. The molecule has 1 aromatic carbocycles. The highest BCUT2D eigenvalue weighted by Gasteiger charge is 2.10. The quantitative estimate of drug-likeness (QED) is 0.793. The predicted octanol–water partition coefficient (Wildman–Crippen LogP) is 1.03. The summed E-state index contributed by atoms with van der Waals surface area (Å²) < 4.78 is 0. The smallest absolute Gasteiger partial charge is 0.407 e. The minimum Gasteiger partial charge on any atom is -0.465 e. The second kappa shape index (κ2) is 5.73. The lowest BCUT2D eigenvalue weighted by Crippen LogP contribution is -2.31. The van der Waals surface area contributed by atoms with E-state index in [1.54, 1.807) is 24.3 Å². The van der Waals surface area contributed by atoms with Gasteiger partial charge in [0.1, 0.15) is 0 Å². The van der Waals surface area contributed by atoms with Crippen LogP contribution in [-0.4, -0.2) is 34.4 Å². The summed E-state index contributed by atoms with van der Waals surface area (Å²) in [6.45, 7) is 0.0829. The lowest BCUT2D eigenvalue weighted by atomic mass is 10.1. The van der Waals surface area contributed by atoms with Crippen LogP contribution in [0.3, 0.4) is 0 Å². The zero-order chi connectivity index (χ0) is 12.0. The number of aliphatic hydroxyl groups is 1. The van der Waals surface area contributed by atoms with E-state index in [4.69, 9.17) is 15.5 Å². The van der Waals surface area contributed by atoms with Crippen molar-refractivity contribution in [1.29, 1.82) is 5.26 Å². The molecule has 0 bridgehead atoms. The number of nitriles is 1. The average molecular weight is 220 g/mol. The predicted molar refractivity (Wildman–Crippen MR) is 56.7 cm³/mol. The van der Waals surface area contributed by atoms with Gasteiger partial charge in [0.2, 0.25) is 0 Å². The SMILES string of the molecule is N#Cc1ccc(CN(CCO)C(=O)O)cc1. The van der Waals surface area contributed by atoms with Crippen molar-refractivity contribution in [3.05, 3.63) is 35.4 Å². The van der Waals surface area contributed by atoms with Gasteiger partial charge in [-0.3, -0.25) is 0 Å². The van der Waals surface area contributed by atoms with E-state index in [1.165, 1.54) is 0 Å². The Labute approximate surface area is 93.2 Å². The van der Waals surface area contributed by atoms with Crippen LogP contribution in [0.25, 0.3) is 0 Å². The Morgan fingerprint density at radius 1 is 1.38 bits per heavy atom. The van der Waals surface area contributed by atoms with Gasteiger partial charge in [0.25, 0.3) is 0 Å². The molecule has 0 aliphatic carbocycles. The highest BCUT2D eigenvalue weighted by Crippen LogP contribution is 2.07. The number of benzene rings is 1. The van der Waals surface area contributed by atoms with Gasteiger partial charge in [-0.05, 0) is 17.7 Å². The number of rotatable bonds is 4. The van der Waals surface area contributed by atoms with Crippen molar-refractivity contribution in [2.24, 2.45) is 0 Å². The van der Waals surface area contributed by atoms with Gasteiger partial charge >= 0.3 is 6.09 Å². The molecule has 0 atom stereocenters. The Morgan fingerprint density at radius 2 is 2.00 bits per heavy atom. The molecule has 0 aromatic heterocycles. The molecule has 0 unspecified atom stereocenters. The van der Waals surface area contributed by atoms with E-state index in [1.807, 2.05) is 6.07 Å². The van der Waals surface area contributed by atoms with Gasteiger partial charge in [0.15, 0.2) is 0 Å². The first kappa shape index (κ1) is 12.0. The molecule has 0 heterocycles. The minimum atomic E-state index is -1.07. The van der Waals surface area contributed by atoms with Crippen molar-refractivity contribution < 1.29 is 15.0 Å². The zero-order valence-corrected chi connectivity index (χ0v) is 8.63. The Morgan fingerprint density at radius 3 is 2.44 bits per heavy atom. The fraction of sp³-hybridized carbons (Fsp3) is 0.273. The first-order valence-corrected chi connectivity index (χ1v) is 4.75. The maximum absolute atomic E-state index is 10.8. The van der Waals surface area contributed by atoms with Crippen molar-refractivity contribution in [2.45, 2.75) is 6.54 Å². The summed E-state index contributed by atoms with van der Waals surface area (Å²) in [6, 6.07) is 8.65. The van der Waals surface area contributed by atoms with Crippen LogP contribution < -0.4 is 0 Å². The van der Waals surface area contributed by atoms with E-state index in [-0.39, 0.29) is 19.7 Å². The molecular formula is C11H12N2O3. The lowest BCUT2D eigenvalue weighted by Gasteiger charge is -2.17. The van der Waals surface area contributed by atoms with Crippen LogP contribution in [0.4, 0.5) is 4.79 Å². The third kappa shape index (κ3) is 3.26. The van der Waals surface area contributed by atoms with Gasteiger partial charge in [0, 0.05) is 13.1 Å². The number of carbonyl (C=O) groups is 1. The first-order chi connectivity index (χ1) is 7.67. The van der Waals surface area contributed by atoms with Crippen LogP contribution in [0.2, 0.25) is 0 Å². The van der Waals surface area contributed by atoms with Gasteiger partial charge in [0.05, 0.1) is 18.2 Å². The Kier molecular flexibility index (Phi) is 4.30. The molecule has 16 heavy (non-hydrogen) atoms. The van der Waals surface area contributed by atoms with Crippen molar-refractivity contribution in [3.8, 4) is 6.07 Å². The number of aliphatic hydroxyl groups excluding tert-OH is 1. The van der Waals surface area contributed by atoms with Gasteiger partial charge in [-0.1, -0.05) is 12.1 Å². The fourth-order valence-electron chi connectivity index (χ4n) is 1.27. The molecule has 0 aliphatic rings. The number of hydrogen-bond donors (Lipinski definition) is 2. The fourth-order valence-corrected chi connectivity index (χ4v) is 1.27. The summed E-state index contributed by atoms with van der Waals surface area (Å²) in [7, 11) is 0. The Hall–Kier alpha value is -2.06. The van der Waals surface area contributed by atoms with Crippen LogP contribution in [0, 0.1) is 11.3 Å². The van der Waals surface area contributed by atoms with E-state index < -0.39 is 6.09 Å². The van der Waals surface area contributed by atoms with Crippen LogP contribution in [0.15, 0.2) is 24.3 Å². The Bertz CT molecular complexity index is 395. The normalized spacial score (nSPS) is 9.50. The summed E-state index contributed by atoms with van der Waals surface area (Å²) in [5.74, 6) is 0. The van der Waals surface area contributed by atoms with Gasteiger partial charge in [-0.2, -0.15) is 5.26 Å². The van der Waals surface area contributed by atoms with E-state index in [9.17, 15) is 4.79 Å². The van der Waals surface area contributed by atoms with Crippen molar-refractivity contribution in [2.75, 3.05) is 13.2 Å². The summed E-state index contributed by atoms with van der Waals surface area (Å²) >= 11 is 0. The molecule has 0 aliphatic heterocycles. The Balaban J connectivity index is 2.70. The molecule has 0 saturated heterocycles. The van der Waals surface area contributed by atoms with Gasteiger partial charge in [-0.15, -0.1) is 0 Å². The number of amides is 1. The highest BCUT2D eigenvalue weighted by atomic mass is 16.4. The standard InChI is InChI=1S/C11H12N2O3/c12-7-9-1-3-10(4-2-9)8-13(5-6-14)11(15)16/h1-4,14H,5-6,8H2,(H,15,16). The minimum absolute atomic E-state index is 0.0787. The van der Waals surface area contributed by atoms with Crippen LogP contribution in [0.5, 0.6) is 0 Å². The molecule has 0 saturated carbocycles. The summed E-state index contributed by atoms with van der Waals surface area (Å²) in [4.78, 5) is 11.9. The van der Waals surface area contributed by atoms with Crippen molar-refractivity contribution in [1.82, 2.24) is 4.90 Å². The molecule has 5 nitrogen and oxygen atoms in total. The van der Waals surface area contributed by atoms with Gasteiger partial charge in [-0.25, -0.2) is 4.79 Å². The second-order valence-electron chi connectivity index (χ2n) is 3.24. The number of carboxylic acid groups (broad SMARTS) is 1. The van der Waals surface area contributed by atoms with Crippen LogP contribution in [0.1, 0.15) is 11.1 Å². The molecule has 5 heteroatoms. The molecule has 0 radical (unpaired) electrons. The topological polar surface area (TPSA) is 84.6 Å². The van der Waals surface area contributed by atoms with E-state index >= 15 is 0 Å². The van der Waals surface area contributed by atoms with Crippen LogP contribution in [-0.2, 0) is 6.54 Å². The maximum atomic E-state index is 10.8. The molecule has 0 fully saturated rings. The van der Waals surface area contributed by atoms with Gasteiger partial charge < -0.3 is 15.1 Å². The molecular weight excluding hydrogens is 208 g/mol. The third-order valence-corrected chi connectivity index (χ3v) is 2.10. The molecule has 2 N–H and O–H groups in total. The molecule has 84 valence electrons. The largest absolute Gasteiger partial charge is 0.465 e. The molecule has 1 rings (SSSR count).